The fraction of sp³-hybridized carbons (Fsp3) is 0.308. The van der Waals surface area contributed by atoms with Crippen LogP contribution in [0, 0.1) is 0 Å². The monoisotopic (exact) mass is 308 g/mol. The van der Waals surface area contributed by atoms with Crippen LogP contribution in [0.25, 0.3) is 0 Å². The highest BCUT2D eigenvalue weighted by Gasteiger charge is 2.31. The highest BCUT2D eigenvalue weighted by molar-refractivity contribution is 8.00. The number of aromatic nitrogens is 3. The van der Waals surface area contributed by atoms with Gasteiger partial charge in [0.15, 0.2) is 0 Å². The second kappa shape index (κ2) is 5.46. The molecule has 1 atom stereocenters. The van der Waals surface area contributed by atoms with E-state index in [1.165, 1.54) is 0 Å². The second-order valence-electron chi connectivity index (χ2n) is 4.64. The molecule has 1 aromatic heterocycles. The van der Waals surface area contributed by atoms with Crippen LogP contribution in [0.5, 0.6) is 0 Å². The van der Waals surface area contributed by atoms with Crippen molar-refractivity contribution in [3.05, 3.63) is 46.7 Å². The van der Waals surface area contributed by atoms with Crippen molar-refractivity contribution in [3.63, 3.8) is 0 Å². The number of rotatable bonds is 3. The van der Waals surface area contributed by atoms with Gasteiger partial charge in [-0.15, -0.1) is 16.9 Å². The van der Waals surface area contributed by atoms with Gasteiger partial charge in [-0.2, -0.15) is 0 Å². The topological polar surface area (TPSA) is 51.0 Å². The molecule has 1 saturated heterocycles. The third-order valence-electron chi connectivity index (χ3n) is 3.18. The fourth-order valence-electron chi connectivity index (χ4n) is 2.06. The Morgan fingerprint density at radius 2 is 2.15 bits per heavy atom. The largest absolute Gasteiger partial charge is 0.327 e. The van der Waals surface area contributed by atoms with Crippen LogP contribution >= 0.6 is 23.4 Å². The zero-order valence-corrected chi connectivity index (χ0v) is 12.4. The van der Waals surface area contributed by atoms with E-state index in [0.29, 0.717) is 12.3 Å². The summed E-state index contributed by atoms with van der Waals surface area (Å²) in [5, 5.41) is 8.98. The van der Waals surface area contributed by atoms with Gasteiger partial charge in [-0.3, -0.25) is 4.79 Å². The lowest BCUT2D eigenvalue weighted by Crippen LogP contribution is -2.23. The van der Waals surface area contributed by atoms with Gasteiger partial charge in [0.05, 0.1) is 18.5 Å². The van der Waals surface area contributed by atoms with Crippen molar-refractivity contribution in [2.24, 2.45) is 0 Å². The van der Waals surface area contributed by atoms with Crippen molar-refractivity contribution in [2.45, 2.75) is 11.9 Å². The standard InChI is InChI=1S/C13H13ClN4OS/c1-17-12(19)8-20-13(17)11-7-18(16-15-11)6-9-2-4-10(14)5-3-9/h2-5,7,13H,6,8H2,1H3/t13-/m1/s1. The van der Waals surface area contributed by atoms with Gasteiger partial charge < -0.3 is 4.90 Å². The van der Waals surface area contributed by atoms with Gasteiger partial charge in [0.25, 0.3) is 0 Å². The van der Waals surface area contributed by atoms with E-state index in [2.05, 4.69) is 10.3 Å². The molecule has 2 heterocycles. The van der Waals surface area contributed by atoms with Crippen LogP contribution in [-0.2, 0) is 11.3 Å². The molecule has 2 aromatic rings. The van der Waals surface area contributed by atoms with Gasteiger partial charge in [0, 0.05) is 12.1 Å². The van der Waals surface area contributed by atoms with Crippen LogP contribution < -0.4 is 0 Å². The number of benzene rings is 1. The van der Waals surface area contributed by atoms with Crippen LogP contribution in [0.4, 0.5) is 0 Å². The van der Waals surface area contributed by atoms with E-state index in [1.807, 2.05) is 30.5 Å². The summed E-state index contributed by atoms with van der Waals surface area (Å²) in [5.41, 5.74) is 1.92. The first-order valence-corrected chi connectivity index (χ1v) is 7.58. The number of hydrogen-bond donors (Lipinski definition) is 0. The molecule has 0 bridgehead atoms. The molecule has 1 amide bonds. The highest BCUT2D eigenvalue weighted by atomic mass is 35.5. The molecule has 1 aliphatic rings. The molecule has 0 saturated carbocycles. The number of thioether (sulfide) groups is 1. The minimum atomic E-state index is -0.0264. The Balaban J connectivity index is 1.74. The number of carbonyl (C=O) groups is 1. The Bertz CT molecular complexity index is 628. The smallest absolute Gasteiger partial charge is 0.233 e. The molecule has 104 valence electrons. The van der Waals surface area contributed by atoms with Gasteiger partial charge in [0.2, 0.25) is 5.91 Å². The Morgan fingerprint density at radius 3 is 2.80 bits per heavy atom. The predicted octanol–water partition coefficient (Wildman–Crippen LogP) is 2.18. The van der Waals surface area contributed by atoms with Crippen molar-refractivity contribution in [3.8, 4) is 0 Å². The summed E-state index contributed by atoms with van der Waals surface area (Å²) in [6.07, 6.45) is 1.89. The fourth-order valence-corrected chi connectivity index (χ4v) is 3.31. The van der Waals surface area contributed by atoms with Crippen LogP contribution in [0.15, 0.2) is 30.5 Å². The molecule has 0 aliphatic carbocycles. The third kappa shape index (κ3) is 2.66. The zero-order valence-electron chi connectivity index (χ0n) is 10.9. The molecule has 0 radical (unpaired) electrons. The normalized spacial score (nSPS) is 18.8. The molecular weight excluding hydrogens is 296 g/mol. The van der Waals surface area contributed by atoms with Crippen LogP contribution in [0.3, 0.4) is 0 Å². The SMILES string of the molecule is CN1C(=O)CS[C@@H]1c1cn(Cc2ccc(Cl)cc2)nn1. The molecule has 1 fully saturated rings. The van der Waals surface area contributed by atoms with Crippen molar-refractivity contribution < 1.29 is 4.79 Å². The summed E-state index contributed by atoms with van der Waals surface area (Å²) in [7, 11) is 1.80. The maximum absolute atomic E-state index is 11.5. The molecule has 7 heteroatoms. The molecule has 20 heavy (non-hydrogen) atoms. The molecule has 3 rings (SSSR count). The van der Waals surface area contributed by atoms with E-state index >= 15 is 0 Å². The Labute approximate surface area is 125 Å². The van der Waals surface area contributed by atoms with E-state index in [1.54, 1.807) is 28.4 Å². The molecule has 0 spiro atoms. The maximum atomic E-state index is 11.5. The van der Waals surface area contributed by atoms with Crippen LogP contribution in [0.2, 0.25) is 5.02 Å². The van der Waals surface area contributed by atoms with Crippen molar-refractivity contribution in [1.82, 2.24) is 19.9 Å². The van der Waals surface area contributed by atoms with Gasteiger partial charge in [-0.05, 0) is 17.7 Å². The summed E-state index contributed by atoms with van der Waals surface area (Å²) in [6, 6.07) is 7.63. The molecule has 1 aliphatic heterocycles. The van der Waals surface area contributed by atoms with Gasteiger partial charge in [-0.1, -0.05) is 28.9 Å². The van der Waals surface area contributed by atoms with Gasteiger partial charge >= 0.3 is 0 Å². The van der Waals surface area contributed by atoms with Crippen molar-refractivity contribution >= 4 is 29.3 Å². The van der Waals surface area contributed by atoms with E-state index in [0.717, 1.165) is 16.3 Å². The van der Waals surface area contributed by atoms with E-state index < -0.39 is 0 Å². The summed E-state index contributed by atoms with van der Waals surface area (Å²) < 4.78 is 1.77. The van der Waals surface area contributed by atoms with Gasteiger partial charge in [-0.25, -0.2) is 4.68 Å². The van der Waals surface area contributed by atoms with Crippen molar-refractivity contribution in [1.29, 1.82) is 0 Å². The Morgan fingerprint density at radius 1 is 1.40 bits per heavy atom. The number of amides is 1. The number of hydrogen-bond acceptors (Lipinski definition) is 4. The maximum Gasteiger partial charge on any atom is 0.233 e. The molecule has 0 N–H and O–H groups in total. The highest BCUT2D eigenvalue weighted by Crippen LogP contribution is 2.35. The average molecular weight is 309 g/mol. The lowest BCUT2D eigenvalue weighted by Gasteiger charge is -2.15. The summed E-state index contributed by atoms with van der Waals surface area (Å²) in [6.45, 7) is 0.638. The van der Waals surface area contributed by atoms with E-state index in [9.17, 15) is 4.79 Å². The number of halogens is 1. The van der Waals surface area contributed by atoms with Crippen LogP contribution in [-0.4, -0.2) is 38.6 Å². The molecule has 1 aromatic carbocycles. The lowest BCUT2D eigenvalue weighted by molar-refractivity contribution is -0.126. The first-order valence-electron chi connectivity index (χ1n) is 6.15. The zero-order chi connectivity index (χ0) is 14.1. The Hall–Kier alpha value is -1.53. The molecule has 0 unspecified atom stereocenters. The quantitative estimate of drug-likeness (QED) is 0.872. The average Bonchev–Trinajstić information content (AvgIpc) is 3.01. The van der Waals surface area contributed by atoms with Gasteiger partial charge in [0.1, 0.15) is 11.1 Å². The minimum Gasteiger partial charge on any atom is -0.327 e. The molecule has 5 nitrogen and oxygen atoms in total. The summed E-state index contributed by atoms with van der Waals surface area (Å²) >= 11 is 7.44. The Kier molecular flexibility index (Phi) is 3.67. The third-order valence-corrected chi connectivity index (χ3v) is 4.72. The lowest BCUT2D eigenvalue weighted by atomic mass is 10.2. The molecular formula is C13H13ClN4OS. The second-order valence-corrected chi connectivity index (χ2v) is 6.14. The first-order chi connectivity index (χ1) is 9.63. The summed E-state index contributed by atoms with van der Waals surface area (Å²) in [5.74, 6) is 0.637. The number of carbonyl (C=O) groups excluding carboxylic acids is 1. The van der Waals surface area contributed by atoms with E-state index in [-0.39, 0.29) is 11.3 Å². The first kappa shape index (κ1) is 13.5. The minimum absolute atomic E-state index is 0.0264. The van der Waals surface area contributed by atoms with Crippen molar-refractivity contribution in [2.75, 3.05) is 12.8 Å². The van der Waals surface area contributed by atoms with Crippen LogP contribution in [0.1, 0.15) is 16.6 Å². The summed E-state index contributed by atoms with van der Waals surface area (Å²) in [4.78, 5) is 13.2. The number of nitrogens with zero attached hydrogens (tertiary/aromatic N) is 4. The predicted molar refractivity (Wildman–Crippen MR) is 78.5 cm³/mol. The van der Waals surface area contributed by atoms with E-state index in [4.69, 9.17) is 11.6 Å².